The molecule has 0 aliphatic heterocycles. The Morgan fingerprint density at radius 3 is 2.45 bits per heavy atom. The Morgan fingerprint density at radius 2 is 2.05 bits per heavy atom. The van der Waals surface area contributed by atoms with Crippen molar-refractivity contribution in [2.75, 3.05) is 6.54 Å². The summed E-state index contributed by atoms with van der Waals surface area (Å²) in [4.78, 5) is 25.5. The molecule has 6 heteroatoms. The predicted octanol–water partition coefficient (Wildman–Crippen LogP) is 2.27. The molecular weight excluding hydrogens is 282 g/mol. The van der Waals surface area contributed by atoms with E-state index in [0.717, 1.165) is 18.5 Å². The first kappa shape index (κ1) is 16.5. The molecule has 0 bridgehead atoms. The monoisotopic (exact) mass is 307 g/mol. The van der Waals surface area contributed by atoms with E-state index in [4.69, 9.17) is 5.11 Å². The van der Waals surface area contributed by atoms with E-state index in [9.17, 15) is 9.59 Å². The van der Waals surface area contributed by atoms with E-state index >= 15 is 0 Å². The summed E-state index contributed by atoms with van der Waals surface area (Å²) in [5.41, 5.74) is 1.14. The molecular formula is C16H25N3O3. The van der Waals surface area contributed by atoms with Crippen LogP contribution in [0.3, 0.4) is 0 Å². The number of amides is 1. The van der Waals surface area contributed by atoms with Gasteiger partial charge in [-0.2, -0.15) is 5.10 Å². The molecule has 1 aromatic rings. The molecule has 0 aromatic carbocycles. The van der Waals surface area contributed by atoms with Crippen LogP contribution in [0.5, 0.6) is 0 Å². The third kappa shape index (κ3) is 3.48. The van der Waals surface area contributed by atoms with Crippen LogP contribution in [0.4, 0.5) is 0 Å². The third-order valence-electron chi connectivity index (χ3n) is 3.88. The molecule has 1 atom stereocenters. The molecule has 1 unspecified atom stereocenters. The van der Waals surface area contributed by atoms with E-state index in [1.165, 1.54) is 0 Å². The highest BCUT2D eigenvalue weighted by Gasteiger charge is 2.36. The molecule has 1 saturated carbocycles. The number of aliphatic carboxylic acids is 1. The minimum atomic E-state index is -0.880. The maximum absolute atomic E-state index is 12.7. The molecule has 1 amide bonds. The molecule has 2 rings (SSSR count). The number of rotatable bonds is 5. The van der Waals surface area contributed by atoms with Gasteiger partial charge in [0, 0.05) is 18.3 Å². The van der Waals surface area contributed by atoms with E-state index in [1.807, 2.05) is 32.4 Å². The summed E-state index contributed by atoms with van der Waals surface area (Å²) in [5.74, 6) is -1.62. The lowest BCUT2D eigenvalue weighted by atomic mass is 10.1. The number of aryl methyl sites for hydroxylation is 1. The summed E-state index contributed by atoms with van der Waals surface area (Å²) in [6.45, 7) is 9.89. The highest BCUT2D eigenvalue weighted by atomic mass is 16.4. The molecule has 1 aliphatic carbocycles. The summed E-state index contributed by atoms with van der Waals surface area (Å²) in [6.07, 6.45) is 1.88. The first-order valence-electron chi connectivity index (χ1n) is 7.72. The zero-order chi connectivity index (χ0) is 16.7. The Bertz CT molecular complexity index is 582. The molecule has 0 saturated heterocycles. The first-order chi connectivity index (χ1) is 10.1. The maximum atomic E-state index is 12.7. The van der Waals surface area contributed by atoms with Crippen molar-refractivity contribution in [3.63, 3.8) is 0 Å². The van der Waals surface area contributed by atoms with Crippen molar-refractivity contribution >= 4 is 11.9 Å². The second-order valence-electron chi connectivity index (χ2n) is 7.18. The van der Waals surface area contributed by atoms with Crippen LogP contribution in [-0.4, -0.2) is 44.3 Å². The largest absolute Gasteiger partial charge is 0.481 e. The lowest BCUT2D eigenvalue weighted by Gasteiger charge is -2.24. The highest BCUT2D eigenvalue weighted by molar-refractivity contribution is 5.93. The average molecular weight is 307 g/mol. The van der Waals surface area contributed by atoms with Gasteiger partial charge in [0.15, 0.2) is 5.69 Å². The molecule has 6 nitrogen and oxygen atoms in total. The van der Waals surface area contributed by atoms with Crippen LogP contribution in [0, 0.1) is 12.8 Å². The van der Waals surface area contributed by atoms with Crippen LogP contribution < -0.4 is 0 Å². The van der Waals surface area contributed by atoms with Crippen LogP contribution in [0.25, 0.3) is 0 Å². The minimum absolute atomic E-state index is 0.161. The van der Waals surface area contributed by atoms with Crippen LogP contribution in [0.15, 0.2) is 6.07 Å². The Morgan fingerprint density at radius 1 is 1.45 bits per heavy atom. The summed E-state index contributed by atoms with van der Waals surface area (Å²) in [5, 5.41) is 13.5. The smallest absolute Gasteiger partial charge is 0.308 e. The Hall–Kier alpha value is -1.85. The Kier molecular flexibility index (Phi) is 4.31. The van der Waals surface area contributed by atoms with Gasteiger partial charge >= 0.3 is 5.97 Å². The van der Waals surface area contributed by atoms with Gasteiger partial charge < -0.3 is 10.0 Å². The molecule has 122 valence electrons. The molecule has 1 aromatic heterocycles. The second kappa shape index (κ2) is 5.74. The van der Waals surface area contributed by atoms with E-state index in [2.05, 4.69) is 5.10 Å². The number of carbonyl (C=O) groups excluding carboxylic acids is 1. The number of carboxylic acids is 1. The van der Waals surface area contributed by atoms with Gasteiger partial charge in [0.25, 0.3) is 5.91 Å². The van der Waals surface area contributed by atoms with Crippen LogP contribution in [0.2, 0.25) is 0 Å². The third-order valence-corrected chi connectivity index (χ3v) is 3.88. The van der Waals surface area contributed by atoms with Gasteiger partial charge in [-0.3, -0.25) is 14.3 Å². The topological polar surface area (TPSA) is 75.4 Å². The van der Waals surface area contributed by atoms with E-state index in [0.29, 0.717) is 5.69 Å². The number of hydrogen-bond donors (Lipinski definition) is 1. The van der Waals surface area contributed by atoms with Crippen molar-refractivity contribution in [2.45, 2.75) is 59.0 Å². The summed E-state index contributed by atoms with van der Waals surface area (Å²) in [7, 11) is 0. The van der Waals surface area contributed by atoms with Gasteiger partial charge in [-0.1, -0.05) is 6.92 Å². The van der Waals surface area contributed by atoms with Gasteiger partial charge in [-0.25, -0.2) is 0 Å². The molecule has 0 spiro atoms. The zero-order valence-electron chi connectivity index (χ0n) is 14.0. The fraction of sp³-hybridized carbons (Fsp3) is 0.688. The van der Waals surface area contributed by atoms with Crippen LogP contribution >= 0.6 is 0 Å². The van der Waals surface area contributed by atoms with Gasteiger partial charge in [0.2, 0.25) is 0 Å². The number of carboxylic acid groups (broad SMARTS) is 1. The lowest BCUT2D eigenvalue weighted by molar-refractivity contribution is -0.141. The Balaban J connectivity index is 2.23. The molecule has 1 fully saturated rings. The second-order valence-corrected chi connectivity index (χ2v) is 7.18. The standard InChI is InChI=1S/C16H25N3O3/c1-10(15(21)22)9-18(12-6-7-12)14(20)13-8-11(2)19(17-13)16(3,4)5/h8,10,12H,6-7,9H2,1-5H3,(H,21,22). The number of aromatic nitrogens is 2. The predicted molar refractivity (Wildman–Crippen MR) is 82.8 cm³/mol. The fourth-order valence-corrected chi connectivity index (χ4v) is 2.56. The van der Waals surface area contributed by atoms with Crippen molar-refractivity contribution in [3.8, 4) is 0 Å². The average Bonchev–Trinajstić information content (AvgIpc) is 3.15. The van der Waals surface area contributed by atoms with Crippen molar-refractivity contribution in [2.24, 2.45) is 5.92 Å². The number of nitrogens with zero attached hydrogens (tertiary/aromatic N) is 3. The van der Waals surface area contributed by atoms with Crippen molar-refractivity contribution < 1.29 is 14.7 Å². The fourth-order valence-electron chi connectivity index (χ4n) is 2.56. The molecule has 0 radical (unpaired) electrons. The lowest BCUT2D eigenvalue weighted by Crippen LogP contribution is -2.39. The highest BCUT2D eigenvalue weighted by Crippen LogP contribution is 2.29. The SMILES string of the molecule is Cc1cc(C(=O)N(CC(C)C(=O)O)C2CC2)nn1C(C)(C)C. The molecule has 22 heavy (non-hydrogen) atoms. The maximum Gasteiger partial charge on any atom is 0.308 e. The van der Waals surface area contributed by atoms with Crippen molar-refractivity contribution in [1.82, 2.24) is 14.7 Å². The number of carbonyl (C=O) groups is 2. The van der Waals surface area contributed by atoms with Crippen molar-refractivity contribution in [1.29, 1.82) is 0 Å². The quantitative estimate of drug-likeness (QED) is 0.905. The van der Waals surface area contributed by atoms with Gasteiger partial charge in [-0.15, -0.1) is 0 Å². The van der Waals surface area contributed by atoms with E-state index in [-0.39, 0.29) is 24.0 Å². The molecule has 1 aliphatic rings. The normalized spacial score (nSPS) is 16.4. The molecule has 1 N–H and O–H groups in total. The first-order valence-corrected chi connectivity index (χ1v) is 7.72. The van der Waals surface area contributed by atoms with Gasteiger partial charge in [0.1, 0.15) is 0 Å². The minimum Gasteiger partial charge on any atom is -0.481 e. The van der Waals surface area contributed by atoms with Gasteiger partial charge in [0.05, 0.1) is 11.5 Å². The summed E-state index contributed by atoms with van der Waals surface area (Å²) < 4.78 is 1.84. The van der Waals surface area contributed by atoms with Crippen LogP contribution in [-0.2, 0) is 10.3 Å². The Labute approximate surface area is 131 Å². The van der Waals surface area contributed by atoms with E-state index < -0.39 is 11.9 Å². The van der Waals surface area contributed by atoms with Crippen molar-refractivity contribution in [3.05, 3.63) is 17.5 Å². The summed E-state index contributed by atoms with van der Waals surface area (Å²) >= 11 is 0. The van der Waals surface area contributed by atoms with E-state index in [1.54, 1.807) is 17.9 Å². The van der Waals surface area contributed by atoms with Crippen LogP contribution in [0.1, 0.15) is 56.7 Å². The zero-order valence-corrected chi connectivity index (χ0v) is 14.0. The number of hydrogen-bond acceptors (Lipinski definition) is 3. The van der Waals surface area contributed by atoms with Gasteiger partial charge in [-0.05, 0) is 46.6 Å². The summed E-state index contributed by atoms with van der Waals surface area (Å²) in [6, 6.07) is 1.95. The molecule has 1 heterocycles.